The maximum atomic E-state index is 11.7. The molecule has 7 nitrogen and oxygen atoms in total. The van der Waals surface area contributed by atoms with Crippen LogP contribution in [0.5, 0.6) is 0 Å². The number of anilines is 1. The summed E-state index contributed by atoms with van der Waals surface area (Å²) >= 11 is 0. The average Bonchev–Trinajstić information content (AvgIpc) is 2.93. The van der Waals surface area contributed by atoms with Gasteiger partial charge in [-0.25, -0.2) is 9.78 Å². The number of primary amides is 1. The predicted octanol–water partition coefficient (Wildman–Crippen LogP) is -0.0410. The van der Waals surface area contributed by atoms with Crippen molar-refractivity contribution in [2.45, 2.75) is 25.3 Å². The van der Waals surface area contributed by atoms with Crippen LogP contribution in [0.1, 0.15) is 28.0 Å². The van der Waals surface area contributed by atoms with E-state index in [2.05, 4.69) is 4.98 Å². The van der Waals surface area contributed by atoms with E-state index in [-0.39, 0.29) is 6.61 Å². The molecule has 0 bridgehead atoms. The van der Waals surface area contributed by atoms with Crippen LogP contribution in [0.15, 0.2) is 6.07 Å². The van der Waals surface area contributed by atoms with E-state index in [1.165, 1.54) is 0 Å². The van der Waals surface area contributed by atoms with Crippen LogP contribution in [-0.2, 0) is 22.4 Å². The van der Waals surface area contributed by atoms with Crippen LogP contribution in [0.25, 0.3) is 0 Å². The number of nitrogens with zero attached hydrogens (tertiary/aromatic N) is 2. The summed E-state index contributed by atoms with van der Waals surface area (Å²) < 4.78 is 5.22. The summed E-state index contributed by atoms with van der Waals surface area (Å²) in [6.07, 6.45) is 2.73. The molecule has 1 unspecified atom stereocenters. The van der Waals surface area contributed by atoms with E-state index in [0.29, 0.717) is 24.5 Å². The maximum Gasteiger partial charge on any atom is 0.328 e. The molecule has 1 saturated heterocycles. The first-order chi connectivity index (χ1) is 10.1. The van der Waals surface area contributed by atoms with Crippen LogP contribution in [0, 0.1) is 0 Å². The van der Waals surface area contributed by atoms with Gasteiger partial charge in [0.1, 0.15) is 5.82 Å². The number of carbonyl (C=O) groups is 2. The second-order valence-corrected chi connectivity index (χ2v) is 5.31. The van der Waals surface area contributed by atoms with Crippen molar-refractivity contribution in [3.63, 3.8) is 0 Å². The highest BCUT2D eigenvalue weighted by atomic mass is 16.5. The first-order valence-corrected chi connectivity index (χ1v) is 6.97. The number of carboxylic acid groups (broad SMARTS) is 1. The standard InChI is InChI=1S/C14H17N3O4/c15-12(18)9-6-8-2-1-3-10(8)16-13(9)17-4-5-21-7-11(17)14(19)20/h6,11H,1-5,7H2,(H2,15,18)(H,19,20). The molecule has 3 N–H and O–H groups in total. The molecule has 0 spiro atoms. The highest BCUT2D eigenvalue weighted by Gasteiger charge is 2.33. The highest BCUT2D eigenvalue weighted by Crippen LogP contribution is 2.29. The van der Waals surface area contributed by atoms with Gasteiger partial charge < -0.3 is 20.5 Å². The second kappa shape index (κ2) is 5.33. The van der Waals surface area contributed by atoms with Gasteiger partial charge in [0, 0.05) is 12.2 Å². The molecule has 0 saturated carbocycles. The molecule has 112 valence electrons. The number of rotatable bonds is 3. The zero-order valence-corrected chi connectivity index (χ0v) is 11.5. The average molecular weight is 291 g/mol. The molecule has 7 heteroatoms. The van der Waals surface area contributed by atoms with Gasteiger partial charge in [0.25, 0.3) is 5.91 Å². The van der Waals surface area contributed by atoms with Crippen molar-refractivity contribution in [3.8, 4) is 0 Å². The summed E-state index contributed by atoms with van der Waals surface area (Å²) in [5.41, 5.74) is 7.72. The van der Waals surface area contributed by atoms with E-state index < -0.39 is 17.9 Å². The first kappa shape index (κ1) is 13.8. The summed E-state index contributed by atoms with van der Waals surface area (Å²) in [6.45, 7) is 0.857. The quantitative estimate of drug-likeness (QED) is 0.809. The van der Waals surface area contributed by atoms with Crippen LogP contribution in [0.4, 0.5) is 5.82 Å². The number of carboxylic acids is 1. The largest absolute Gasteiger partial charge is 0.480 e. The van der Waals surface area contributed by atoms with Gasteiger partial charge in [-0.1, -0.05) is 0 Å². The number of nitrogens with two attached hydrogens (primary N) is 1. The first-order valence-electron chi connectivity index (χ1n) is 6.97. The Bertz CT molecular complexity index is 602. The van der Waals surface area contributed by atoms with E-state index in [1.807, 2.05) is 0 Å². The Hall–Kier alpha value is -2.15. The third kappa shape index (κ3) is 2.44. The molecule has 1 aromatic rings. The maximum absolute atomic E-state index is 11.7. The van der Waals surface area contributed by atoms with Gasteiger partial charge in [-0.2, -0.15) is 0 Å². The molecular weight excluding hydrogens is 274 g/mol. The number of fused-ring (bicyclic) bond motifs is 1. The molecule has 1 fully saturated rings. The lowest BCUT2D eigenvalue weighted by Crippen LogP contribution is -2.51. The van der Waals surface area contributed by atoms with Crippen molar-refractivity contribution in [3.05, 3.63) is 22.9 Å². The smallest absolute Gasteiger partial charge is 0.328 e. The fraction of sp³-hybridized carbons (Fsp3) is 0.500. The summed E-state index contributed by atoms with van der Waals surface area (Å²) in [7, 11) is 0. The van der Waals surface area contributed by atoms with E-state index >= 15 is 0 Å². The molecule has 1 aliphatic heterocycles. The molecule has 1 aromatic heterocycles. The Balaban J connectivity index is 2.07. The summed E-state index contributed by atoms with van der Waals surface area (Å²) in [6, 6.07) is 0.922. The number of hydrogen-bond acceptors (Lipinski definition) is 5. The number of ether oxygens (including phenoxy) is 1. The predicted molar refractivity (Wildman–Crippen MR) is 74.4 cm³/mol. The molecule has 0 radical (unpaired) electrons. The molecule has 1 atom stereocenters. The molecule has 2 aliphatic rings. The van der Waals surface area contributed by atoms with Crippen molar-refractivity contribution in [2.75, 3.05) is 24.7 Å². The molecule has 2 heterocycles. The lowest BCUT2D eigenvalue weighted by atomic mass is 10.1. The van der Waals surface area contributed by atoms with Crippen LogP contribution >= 0.6 is 0 Å². The lowest BCUT2D eigenvalue weighted by molar-refractivity contribution is -0.141. The minimum atomic E-state index is -0.993. The molecule has 3 rings (SSSR count). The summed E-state index contributed by atoms with van der Waals surface area (Å²) in [4.78, 5) is 29.3. The van der Waals surface area contributed by atoms with Crippen LogP contribution in [0.2, 0.25) is 0 Å². The van der Waals surface area contributed by atoms with Crippen molar-refractivity contribution in [2.24, 2.45) is 5.73 Å². The van der Waals surface area contributed by atoms with Gasteiger partial charge in [0.05, 0.1) is 18.8 Å². The number of pyridine rings is 1. The Labute approximate surface area is 121 Å². The molecule has 21 heavy (non-hydrogen) atoms. The number of amides is 1. The van der Waals surface area contributed by atoms with Gasteiger partial charge in [-0.15, -0.1) is 0 Å². The van der Waals surface area contributed by atoms with Gasteiger partial charge in [0.2, 0.25) is 0 Å². The van der Waals surface area contributed by atoms with Crippen molar-refractivity contribution < 1.29 is 19.4 Å². The zero-order chi connectivity index (χ0) is 15.0. The lowest BCUT2D eigenvalue weighted by Gasteiger charge is -2.34. The normalized spacial score (nSPS) is 21.1. The highest BCUT2D eigenvalue weighted by molar-refractivity contribution is 5.98. The Morgan fingerprint density at radius 2 is 2.24 bits per heavy atom. The number of aliphatic carboxylic acids is 1. The van der Waals surface area contributed by atoms with Crippen LogP contribution in [0.3, 0.4) is 0 Å². The molecule has 1 aliphatic carbocycles. The van der Waals surface area contributed by atoms with Crippen LogP contribution < -0.4 is 10.6 Å². The number of morpholine rings is 1. The fourth-order valence-corrected chi connectivity index (χ4v) is 2.92. The van der Waals surface area contributed by atoms with Gasteiger partial charge >= 0.3 is 5.97 Å². The Morgan fingerprint density at radius 1 is 1.43 bits per heavy atom. The van der Waals surface area contributed by atoms with E-state index in [0.717, 1.165) is 30.5 Å². The van der Waals surface area contributed by atoms with Crippen LogP contribution in [-0.4, -0.2) is 47.8 Å². The SMILES string of the molecule is NC(=O)c1cc2c(nc1N1CCOCC1C(=O)O)CCC2. The third-order valence-corrected chi connectivity index (χ3v) is 3.98. The summed E-state index contributed by atoms with van der Waals surface area (Å²) in [5.74, 6) is -1.20. The van der Waals surface area contributed by atoms with Gasteiger partial charge in [-0.05, 0) is 30.9 Å². The minimum absolute atomic E-state index is 0.0757. The second-order valence-electron chi connectivity index (χ2n) is 5.31. The van der Waals surface area contributed by atoms with E-state index in [1.54, 1.807) is 11.0 Å². The van der Waals surface area contributed by atoms with Crippen molar-refractivity contribution in [1.29, 1.82) is 0 Å². The Kier molecular flexibility index (Phi) is 3.50. The number of carbonyl (C=O) groups excluding carboxylic acids is 1. The zero-order valence-electron chi connectivity index (χ0n) is 11.5. The van der Waals surface area contributed by atoms with Gasteiger partial charge in [0.15, 0.2) is 6.04 Å². The van der Waals surface area contributed by atoms with Crippen molar-refractivity contribution >= 4 is 17.7 Å². The minimum Gasteiger partial charge on any atom is -0.480 e. The molecule has 0 aromatic carbocycles. The molecule has 1 amide bonds. The Morgan fingerprint density at radius 3 is 2.95 bits per heavy atom. The fourth-order valence-electron chi connectivity index (χ4n) is 2.92. The topological polar surface area (TPSA) is 106 Å². The molecular formula is C14H17N3O4. The van der Waals surface area contributed by atoms with E-state index in [4.69, 9.17) is 10.5 Å². The number of aryl methyl sites for hydroxylation is 2. The van der Waals surface area contributed by atoms with E-state index in [9.17, 15) is 14.7 Å². The van der Waals surface area contributed by atoms with Gasteiger partial charge in [-0.3, -0.25) is 4.79 Å². The summed E-state index contributed by atoms with van der Waals surface area (Å²) in [5, 5.41) is 9.33. The number of hydrogen-bond donors (Lipinski definition) is 2. The third-order valence-electron chi connectivity index (χ3n) is 3.98. The number of aromatic nitrogens is 1. The van der Waals surface area contributed by atoms with Crippen molar-refractivity contribution in [1.82, 2.24) is 4.98 Å². The monoisotopic (exact) mass is 291 g/mol.